The number of nitro benzene ring substituents is 1. The number of benzene rings is 4. The van der Waals surface area contributed by atoms with Gasteiger partial charge in [-0.25, -0.2) is 8.42 Å². The zero-order valence-corrected chi connectivity index (χ0v) is 21.3. The summed E-state index contributed by atoms with van der Waals surface area (Å²) in [6, 6.07) is 26.4. The number of aromatic nitrogens is 1. The van der Waals surface area contributed by atoms with Gasteiger partial charge in [-0.1, -0.05) is 36.4 Å². The van der Waals surface area contributed by atoms with Crippen LogP contribution in [0, 0.1) is 10.1 Å². The Morgan fingerprint density at radius 2 is 1.55 bits per heavy atom. The minimum Gasteiger partial charge on any atom is -0.341 e. The molecule has 0 atom stereocenters. The first-order valence-electron chi connectivity index (χ1n) is 11.9. The van der Waals surface area contributed by atoms with Crippen molar-refractivity contribution < 1.29 is 18.1 Å². The quantitative estimate of drug-likeness (QED) is 0.209. The molecule has 38 heavy (non-hydrogen) atoms. The van der Waals surface area contributed by atoms with Crippen molar-refractivity contribution in [3.05, 3.63) is 107 Å². The van der Waals surface area contributed by atoms with Crippen LogP contribution < -0.4 is 9.62 Å². The molecule has 5 rings (SSSR count). The van der Waals surface area contributed by atoms with E-state index >= 15 is 0 Å². The van der Waals surface area contributed by atoms with Gasteiger partial charge in [0.15, 0.2) is 0 Å². The van der Waals surface area contributed by atoms with E-state index in [0.29, 0.717) is 5.69 Å². The van der Waals surface area contributed by atoms with Crippen LogP contribution in [-0.2, 0) is 21.4 Å². The van der Waals surface area contributed by atoms with E-state index in [1.165, 1.54) is 36.4 Å². The van der Waals surface area contributed by atoms with Crippen molar-refractivity contribution in [1.29, 1.82) is 0 Å². The van der Waals surface area contributed by atoms with Gasteiger partial charge in [0.1, 0.15) is 6.54 Å². The highest BCUT2D eigenvalue weighted by molar-refractivity contribution is 7.92. The molecule has 5 aromatic rings. The molecule has 4 aromatic carbocycles. The highest BCUT2D eigenvalue weighted by Crippen LogP contribution is 2.31. The highest BCUT2D eigenvalue weighted by atomic mass is 32.2. The van der Waals surface area contributed by atoms with Crippen LogP contribution in [0.15, 0.2) is 102 Å². The number of aryl methyl sites for hydroxylation is 1. The number of fused-ring (bicyclic) bond motifs is 3. The van der Waals surface area contributed by atoms with Crippen molar-refractivity contribution in [2.75, 3.05) is 16.2 Å². The Kier molecular flexibility index (Phi) is 6.56. The van der Waals surface area contributed by atoms with Gasteiger partial charge in [-0.05, 0) is 55.5 Å². The Morgan fingerprint density at radius 1 is 0.895 bits per heavy atom. The number of anilines is 2. The van der Waals surface area contributed by atoms with E-state index < -0.39 is 27.4 Å². The number of hydrogen-bond acceptors (Lipinski definition) is 5. The summed E-state index contributed by atoms with van der Waals surface area (Å²) in [7, 11) is -4.14. The van der Waals surface area contributed by atoms with E-state index in [9.17, 15) is 23.3 Å². The van der Waals surface area contributed by atoms with Gasteiger partial charge < -0.3 is 9.88 Å². The molecule has 0 bridgehead atoms. The van der Waals surface area contributed by atoms with Gasteiger partial charge in [0.05, 0.1) is 15.5 Å². The predicted octanol–water partition coefficient (Wildman–Crippen LogP) is 5.56. The van der Waals surface area contributed by atoms with E-state index in [1.54, 1.807) is 24.3 Å². The van der Waals surface area contributed by atoms with Crippen LogP contribution in [0.4, 0.5) is 17.1 Å². The van der Waals surface area contributed by atoms with Crippen molar-refractivity contribution >= 4 is 54.8 Å². The zero-order valence-electron chi connectivity index (χ0n) is 20.4. The van der Waals surface area contributed by atoms with E-state index in [-0.39, 0.29) is 16.3 Å². The molecular weight excluding hydrogens is 504 g/mol. The molecule has 0 saturated carbocycles. The number of nitrogens with one attached hydrogen (secondary N) is 1. The fraction of sp³-hybridized carbons (Fsp3) is 0.107. The number of rotatable bonds is 8. The molecule has 1 amide bonds. The summed E-state index contributed by atoms with van der Waals surface area (Å²) in [6.07, 6.45) is 0. The molecule has 0 saturated heterocycles. The number of non-ortho nitro benzene ring substituents is 1. The maximum Gasteiger partial charge on any atom is 0.269 e. The number of sulfonamides is 1. The fourth-order valence-corrected chi connectivity index (χ4v) is 6.02. The molecule has 192 valence electrons. The maximum atomic E-state index is 13.5. The Labute approximate surface area is 219 Å². The molecular formula is C28H24N4O5S. The fourth-order valence-electron chi connectivity index (χ4n) is 4.58. The SMILES string of the molecule is CCn1c2ccccc2c2cc(NC(=O)CN(c3ccc([N+](=O)[O-])cc3)S(=O)(=O)c3ccccc3)ccc21. The molecule has 10 heteroatoms. The molecule has 0 aliphatic carbocycles. The number of carbonyl (C=O) groups is 1. The summed E-state index contributed by atoms with van der Waals surface area (Å²) < 4.78 is 30.2. The first kappa shape index (κ1) is 25.0. The summed E-state index contributed by atoms with van der Waals surface area (Å²) in [5.41, 5.74) is 2.60. The number of para-hydroxylation sites is 1. The van der Waals surface area contributed by atoms with Crippen LogP contribution in [0.3, 0.4) is 0 Å². The zero-order chi connectivity index (χ0) is 26.9. The van der Waals surface area contributed by atoms with Crippen LogP contribution in [0.5, 0.6) is 0 Å². The third-order valence-electron chi connectivity index (χ3n) is 6.34. The average Bonchev–Trinajstić information content (AvgIpc) is 3.25. The van der Waals surface area contributed by atoms with E-state index in [0.717, 1.165) is 32.7 Å². The largest absolute Gasteiger partial charge is 0.341 e. The Morgan fingerprint density at radius 3 is 2.24 bits per heavy atom. The summed E-state index contributed by atoms with van der Waals surface area (Å²) >= 11 is 0. The number of carbonyl (C=O) groups excluding carboxylic acids is 1. The lowest BCUT2D eigenvalue weighted by Crippen LogP contribution is -2.38. The summed E-state index contributed by atoms with van der Waals surface area (Å²) in [5.74, 6) is -0.554. The van der Waals surface area contributed by atoms with Crippen molar-refractivity contribution in [1.82, 2.24) is 4.57 Å². The molecule has 1 heterocycles. The van der Waals surface area contributed by atoms with Gasteiger partial charge in [0, 0.05) is 46.2 Å². The predicted molar refractivity (Wildman–Crippen MR) is 148 cm³/mol. The van der Waals surface area contributed by atoms with Crippen molar-refractivity contribution in [2.45, 2.75) is 18.4 Å². The first-order valence-corrected chi connectivity index (χ1v) is 13.4. The lowest BCUT2D eigenvalue weighted by Gasteiger charge is -2.24. The summed E-state index contributed by atoms with van der Waals surface area (Å²) in [5, 5.41) is 15.9. The van der Waals surface area contributed by atoms with Crippen molar-refractivity contribution in [3.63, 3.8) is 0 Å². The molecule has 9 nitrogen and oxygen atoms in total. The molecule has 0 unspecified atom stereocenters. The molecule has 0 aliphatic heterocycles. The summed E-state index contributed by atoms with van der Waals surface area (Å²) in [4.78, 5) is 23.7. The number of hydrogen-bond donors (Lipinski definition) is 1. The van der Waals surface area contributed by atoms with Crippen LogP contribution in [-0.4, -0.2) is 30.4 Å². The molecule has 0 radical (unpaired) electrons. The van der Waals surface area contributed by atoms with Gasteiger partial charge in [-0.15, -0.1) is 0 Å². The molecule has 0 spiro atoms. The normalized spacial score (nSPS) is 11.5. The number of nitro groups is 1. The van der Waals surface area contributed by atoms with Crippen molar-refractivity contribution in [2.24, 2.45) is 0 Å². The van der Waals surface area contributed by atoms with Gasteiger partial charge in [-0.2, -0.15) is 0 Å². The molecule has 1 N–H and O–H groups in total. The molecule has 0 aliphatic rings. The Hall–Kier alpha value is -4.70. The summed E-state index contributed by atoms with van der Waals surface area (Å²) in [6.45, 7) is 2.34. The van der Waals surface area contributed by atoms with Crippen LogP contribution in [0.25, 0.3) is 21.8 Å². The van der Waals surface area contributed by atoms with E-state index in [4.69, 9.17) is 0 Å². The van der Waals surface area contributed by atoms with Gasteiger partial charge >= 0.3 is 0 Å². The highest BCUT2D eigenvalue weighted by Gasteiger charge is 2.27. The van der Waals surface area contributed by atoms with Crippen LogP contribution in [0.2, 0.25) is 0 Å². The lowest BCUT2D eigenvalue weighted by atomic mass is 10.1. The van der Waals surface area contributed by atoms with Crippen LogP contribution >= 0.6 is 0 Å². The lowest BCUT2D eigenvalue weighted by molar-refractivity contribution is -0.384. The smallest absolute Gasteiger partial charge is 0.269 e. The topological polar surface area (TPSA) is 115 Å². The number of amides is 1. The molecule has 0 fully saturated rings. The van der Waals surface area contributed by atoms with Crippen molar-refractivity contribution in [3.8, 4) is 0 Å². The Bertz CT molecular complexity index is 1760. The minimum absolute atomic E-state index is 0.0000486. The second-order valence-electron chi connectivity index (χ2n) is 8.64. The maximum absolute atomic E-state index is 13.5. The third-order valence-corrected chi connectivity index (χ3v) is 8.13. The average molecular weight is 529 g/mol. The monoisotopic (exact) mass is 528 g/mol. The van der Waals surface area contributed by atoms with Crippen LogP contribution in [0.1, 0.15) is 6.92 Å². The second-order valence-corrected chi connectivity index (χ2v) is 10.5. The van der Waals surface area contributed by atoms with Gasteiger partial charge in [-0.3, -0.25) is 19.2 Å². The number of nitrogens with zero attached hydrogens (tertiary/aromatic N) is 3. The standard InChI is InChI=1S/C28H24N4O5S/c1-2-30-26-11-7-6-10-24(26)25-18-20(12-17-27(25)30)29-28(33)19-31(21-13-15-22(16-14-21)32(34)35)38(36,37)23-8-4-3-5-9-23/h3-18H,2,19H2,1H3,(H,29,33). The minimum atomic E-state index is -4.14. The van der Waals surface area contributed by atoms with E-state index in [1.807, 2.05) is 36.4 Å². The Balaban J connectivity index is 1.48. The molecule has 1 aromatic heterocycles. The van der Waals surface area contributed by atoms with E-state index in [2.05, 4.69) is 16.8 Å². The second kappa shape index (κ2) is 9.98. The first-order chi connectivity index (χ1) is 18.3. The van der Waals surface area contributed by atoms with Gasteiger partial charge in [0.25, 0.3) is 15.7 Å². The third kappa shape index (κ3) is 4.57. The van der Waals surface area contributed by atoms with Gasteiger partial charge in [0.2, 0.25) is 5.91 Å².